The predicted molar refractivity (Wildman–Crippen MR) is 56.8 cm³/mol. The SMILES string of the molecule is ClC(Cl)(Cl)SOSC(Cl)(Cl)Cl. The third-order valence-corrected chi connectivity index (χ3v) is 2.31. The van der Waals surface area contributed by atoms with Gasteiger partial charge in [0.1, 0.15) is 0 Å². The van der Waals surface area contributed by atoms with Crippen LogP contribution in [0.2, 0.25) is 0 Å². The van der Waals surface area contributed by atoms with Crippen molar-refractivity contribution in [2.75, 3.05) is 0 Å². The molecule has 0 fully saturated rings. The van der Waals surface area contributed by atoms with E-state index in [4.69, 9.17) is 69.6 Å². The Hall–Kier alpha value is 2.40. The fraction of sp³-hybridized carbons (Fsp3) is 1.00. The minimum Gasteiger partial charge on any atom is -0.238 e. The molecule has 0 bridgehead atoms. The van der Waals surface area contributed by atoms with Crippen LogP contribution in [0.5, 0.6) is 0 Å². The Morgan fingerprint density at radius 3 is 1.18 bits per heavy atom. The fourth-order valence-electron chi connectivity index (χ4n) is 0.0942. The van der Waals surface area contributed by atoms with E-state index >= 15 is 0 Å². The highest BCUT2D eigenvalue weighted by Crippen LogP contribution is 2.47. The molecule has 0 aliphatic carbocycles. The molecule has 0 aromatic heterocycles. The molecule has 11 heavy (non-hydrogen) atoms. The van der Waals surface area contributed by atoms with Crippen molar-refractivity contribution < 1.29 is 3.63 Å². The zero-order chi connectivity index (χ0) is 9.12. The maximum atomic E-state index is 5.29. The normalized spacial score (nSPS) is 13.6. The predicted octanol–water partition coefficient (Wildman–Crippen LogP) is 4.95. The van der Waals surface area contributed by atoms with E-state index in [0.29, 0.717) is 24.1 Å². The standard InChI is InChI=1S/C2Cl6OS2/c3-1(4,5)10-9-11-2(6,7)8. The molecule has 0 aromatic rings. The largest absolute Gasteiger partial charge is 0.263 e. The summed E-state index contributed by atoms with van der Waals surface area (Å²) in [5.41, 5.74) is 0. The molecule has 1 nitrogen and oxygen atoms in total. The minimum atomic E-state index is -1.57. The second kappa shape index (κ2) is 5.32. The molecule has 0 amide bonds. The number of hydrogen-bond donors (Lipinski definition) is 0. The van der Waals surface area contributed by atoms with Crippen molar-refractivity contribution >= 4 is 93.7 Å². The van der Waals surface area contributed by atoms with Crippen molar-refractivity contribution in [2.45, 2.75) is 6.25 Å². The lowest BCUT2D eigenvalue weighted by atomic mass is 11.8. The van der Waals surface area contributed by atoms with Crippen molar-refractivity contribution in [3.05, 3.63) is 0 Å². The van der Waals surface area contributed by atoms with Crippen molar-refractivity contribution in [3.8, 4) is 0 Å². The van der Waals surface area contributed by atoms with Crippen molar-refractivity contribution in [2.24, 2.45) is 0 Å². The number of alkyl halides is 6. The Balaban J connectivity index is 3.44. The van der Waals surface area contributed by atoms with Gasteiger partial charge in [0.15, 0.2) is 0 Å². The average Bonchev–Trinajstić information content (AvgIpc) is 1.55. The lowest BCUT2D eigenvalue weighted by Crippen LogP contribution is -1.97. The molecule has 0 atom stereocenters. The van der Waals surface area contributed by atoms with E-state index in [1.807, 2.05) is 0 Å². The first-order valence-corrected chi connectivity index (χ1v) is 5.63. The topological polar surface area (TPSA) is 9.23 Å². The first-order chi connectivity index (χ1) is 4.71. The first-order valence-electron chi connectivity index (χ1n) is 1.88. The smallest absolute Gasteiger partial charge is 0.238 e. The third kappa shape index (κ3) is 12.4. The van der Waals surface area contributed by atoms with Crippen LogP contribution in [0.4, 0.5) is 0 Å². The average molecular weight is 317 g/mol. The van der Waals surface area contributed by atoms with Gasteiger partial charge in [0, 0.05) is 0 Å². The summed E-state index contributed by atoms with van der Waals surface area (Å²) >= 11 is 32.9. The summed E-state index contributed by atoms with van der Waals surface area (Å²) in [4.78, 5) is 0. The molecule has 0 aliphatic heterocycles. The Bertz CT molecular complexity index is 103. The molecule has 0 heterocycles. The highest BCUT2D eigenvalue weighted by Gasteiger charge is 2.27. The molecule has 0 unspecified atom stereocenters. The van der Waals surface area contributed by atoms with Crippen LogP contribution in [0.15, 0.2) is 0 Å². The Morgan fingerprint density at radius 2 is 1.00 bits per heavy atom. The van der Waals surface area contributed by atoms with Crippen LogP contribution in [-0.2, 0) is 3.63 Å². The van der Waals surface area contributed by atoms with E-state index in [-0.39, 0.29) is 0 Å². The van der Waals surface area contributed by atoms with Crippen LogP contribution in [-0.4, -0.2) is 6.25 Å². The summed E-state index contributed by atoms with van der Waals surface area (Å²) in [7, 11) is 0. The third-order valence-electron chi connectivity index (χ3n) is 0.257. The quantitative estimate of drug-likeness (QED) is 0.526. The lowest BCUT2D eigenvalue weighted by molar-refractivity contribution is 0.758. The zero-order valence-electron chi connectivity index (χ0n) is 4.49. The van der Waals surface area contributed by atoms with Crippen LogP contribution < -0.4 is 0 Å². The van der Waals surface area contributed by atoms with Crippen molar-refractivity contribution in [1.82, 2.24) is 0 Å². The van der Waals surface area contributed by atoms with Gasteiger partial charge in [-0.3, -0.25) is 0 Å². The summed E-state index contributed by atoms with van der Waals surface area (Å²) in [6, 6.07) is 0. The summed E-state index contributed by atoms with van der Waals surface area (Å²) in [6.45, 7) is 0. The fourth-order valence-corrected chi connectivity index (χ4v) is 2.24. The molecule has 0 aromatic carbocycles. The molecule has 0 saturated heterocycles. The van der Waals surface area contributed by atoms with Gasteiger partial charge >= 0.3 is 0 Å². The van der Waals surface area contributed by atoms with Crippen LogP contribution in [0, 0.1) is 0 Å². The van der Waals surface area contributed by atoms with E-state index in [1.54, 1.807) is 0 Å². The first kappa shape index (κ1) is 13.4. The zero-order valence-corrected chi connectivity index (χ0v) is 10.7. The second-order valence-corrected chi connectivity index (χ2v) is 9.14. The molecular weight excluding hydrogens is 317 g/mol. The number of rotatable bonds is 2. The summed E-state index contributed by atoms with van der Waals surface area (Å²) in [5.74, 6) is 0. The molecule has 0 N–H and O–H groups in total. The molecule has 9 heteroatoms. The van der Waals surface area contributed by atoms with Crippen molar-refractivity contribution in [1.29, 1.82) is 0 Å². The van der Waals surface area contributed by atoms with E-state index in [2.05, 4.69) is 3.63 Å². The van der Waals surface area contributed by atoms with E-state index in [1.165, 1.54) is 0 Å². The Kier molecular flexibility index (Phi) is 6.48. The van der Waals surface area contributed by atoms with E-state index in [0.717, 1.165) is 0 Å². The highest BCUT2D eigenvalue weighted by molar-refractivity contribution is 8.12. The minimum absolute atomic E-state index is 0.566. The second-order valence-electron chi connectivity index (χ2n) is 1.13. The highest BCUT2D eigenvalue weighted by atomic mass is 35.6. The Labute approximate surface area is 103 Å². The molecule has 0 aliphatic rings. The summed E-state index contributed by atoms with van der Waals surface area (Å²) < 4.78 is 1.47. The number of hydrogen-bond acceptors (Lipinski definition) is 3. The van der Waals surface area contributed by atoms with E-state index in [9.17, 15) is 0 Å². The van der Waals surface area contributed by atoms with E-state index < -0.39 is 6.25 Å². The van der Waals surface area contributed by atoms with Gasteiger partial charge in [-0.15, -0.1) is 0 Å². The number of halogens is 6. The van der Waals surface area contributed by atoms with Crippen LogP contribution in [0.1, 0.15) is 0 Å². The van der Waals surface area contributed by atoms with Gasteiger partial charge in [-0.1, -0.05) is 69.6 Å². The van der Waals surface area contributed by atoms with Crippen LogP contribution in [0.3, 0.4) is 0 Å². The van der Waals surface area contributed by atoms with Gasteiger partial charge in [0.05, 0.1) is 24.1 Å². The lowest BCUT2D eigenvalue weighted by Gasteiger charge is -2.11. The van der Waals surface area contributed by atoms with Gasteiger partial charge < -0.3 is 0 Å². The van der Waals surface area contributed by atoms with Crippen LogP contribution >= 0.6 is 93.7 Å². The maximum Gasteiger partial charge on any atom is 0.263 e. The molecule has 0 radical (unpaired) electrons. The van der Waals surface area contributed by atoms with Gasteiger partial charge in [-0.05, 0) is 0 Å². The van der Waals surface area contributed by atoms with Gasteiger partial charge in [-0.2, -0.15) is 0 Å². The molecular formula is C2Cl6OS2. The Morgan fingerprint density at radius 1 is 0.727 bits per heavy atom. The summed E-state index contributed by atoms with van der Waals surface area (Å²) in [6.07, 6.45) is 0. The van der Waals surface area contributed by atoms with Gasteiger partial charge in [0.2, 0.25) is 0 Å². The van der Waals surface area contributed by atoms with Gasteiger partial charge in [-0.25, -0.2) is 3.63 Å². The van der Waals surface area contributed by atoms with Gasteiger partial charge in [0.25, 0.3) is 6.25 Å². The molecule has 68 valence electrons. The molecule has 0 spiro atoms. The van der Waals surface area contributed by atoms with Crippen molar-refractivity contribution in [3.63, 3.8) is 0 Å². The molecule has 0 saturated carbocycles. The van der Waals surface area contributed by atoms with Crippen LogP contribution in [0.25, 0.3) is 0 Å². The maximum absolute atomic E-state index is 5.29. The molecule has 0 rings (SSSR count). The monoisotopic (exact) mass is 314 g/mol. The summed E-state index contributed by atoms with van der Waals surface area (Å²) in [5, 5.41) is 0.